The minimum atomic E-state index is -3.72. The van der Waals surface area contributed by atoms with Gasteiger partial charge < -0.3 is 5.73 Å². The van der Waals surface area contributed by atoms with Crippen molar-refractivity contribution in [1.29, 1.82) is 0 Å². The second-order valence-corrected chi connectivity index (χ2v) is 6.74. The lowest BCUT2D eigenvalue weighted by Gasteiger charge is -2.16. The molecule has 0 heterocycles. The summed E-state index contributed by atoms with van der Waals surface area (Å²) in [6.45, 7) is 4.79. The third-order valence-electron chi connectivity index (χ3n) is 2.56. The van der Waals surface area contributed by atoms with E-state index in [1.54, 1.807) is 20.8 Å². The molecule has 19 heavy (non-hydrogen) atoms. The van der Waals surface area contributed by atoms with E-state index in [1.165, 1.54) is 12.1 Å². The second-order valence-electron chi connectivity index (χ2n) is 4.56. The molecular weight excluding hydrogens is 287 g/mol. The molecule has 1 rings (SSSR count). The normalized spacial score (nSPS) is 13.3. The lowest BCUT2D eigenvalue weighted by atomic mass is 10.1. The Morgan fingerprint density at radius 3 is 2.32 bits per heavy atom. The lowest BCUT2D eigenvalue weighted by Crippen LogP contribution is -2.36. The van der Waals surface area contributed by atoms with E-state index in [2.05, 4.69) is 4.72 Å². The van der Waals surface area contributed by atoms with Crippen LogP contribution in [0.2, 0.25) is 0 Å². The minimum absolute atomic E-state index is 0.101. The highest BCUT2D eigenvalue weighted by Crippen LogP contribution is 2.21. The van der Waals surface area contributed by atoms with Crippen LogP contribution in [0.5, 0.6) is 0 Å². The molecule has 0 spiro atoms. The average Bonchev–Trinajstić information content (AvgIpc) is 2.10. The van der Waals surface area contributed by atoms with Crippen LogP contribution in [0.1, 0.15) is 24.5 Å². The Morgan fingerprint density at radius 1 is 1.42 bits per heavy atom. The summed E-state index contributed by atoms with van der Waals surface area (Å²) in [6, 6.07) is 1.98. The van der Waals surface area contributed by atoms with Crippen LogP contribution in [0.25, 0.3) is 0 Å². The van der Waals surface area contributed by atoms with Crippen molar-refractivity contribution in [2.24, 2.45) is 5.73 Å². The Morgan fingerprint density at radius 2 is 1.89 bits per heavy atom. The lowest BCUT2D eigenvalue weighted by molar-refractivity contribution is 0.562. The summed E-state index contributed by atoms with van der Waals surface area (Å²) >= 11 is 4.74. The van der Waals surface area contributed by atoms with Gasteiger partial charge in [-0.05, 0) is 44.0 Å². The third-order valence-corrected chi connectivity index (χ3v) is 4.62. The number of nitrogens with one attached hydrogen (secondary N) is 1. The topological polar surface area (TPSA) is 72.2 Å². The number of thiocarbonyl (C=S) groups is 1. The van der Waals surface area contributed by atoms with Gasteiger partial charge in [0.2, 0.25) is 10.0 Å². The molecule has 0 radical (unpaired) electrons. The molecule has 3 N–H and O–H groups in total. The number of nitrogens with two attached hydrogens (primary N) is 1. The number of rotatable bonds is 5. The molecule has 0 aromatic heterocycles. The highest BCUT2D eigenvalue weighted by Gasteiger charge is 2.22. The number of aryl methyl sites for hydroxylation is 2. The maximum Gasteiger partial charge on any atom is 0.241 e. The molecule has 0 saturated carbocycles. The fraction of sp³-hybridized carbons (Fsp3) is 0.417. The minimum Gasteiger partial charge on any atom is -0.393 e. The fourth-order valence-corrected chi connectivity index (χ4v) is 3.94. The number of hydrogen-bond donors (Lipinski definition) is 2. The summed E-state index contributed by atoms with van der Waals surface area (Å²) in [5.74, 6) is -0.454. The molecule has 7 heteroatoms. The summed E-state index contributed by atoms with van der Waals surface area (Å²) in [5.41, 5.74) is 6.11. The Hall–Kier alpha value is -1.05. The molecule has 0 bridgehead atoms. The predicted molar refractivity (Wildman–Crippen MR) is 77.1 cm³/mol. The second kappa shape index (κ2) is 5.94. The largest absolute Gasteiger partial charge is 0.393 e. The van der Waals surface area contributed by atoms with E-state index in [0.29, 0.717) is 11.1 Å². The van der Waals surface area contributed by atoms with E-state index in [1.807, 2.05) is 0 Å². The summed E-state index contributed by atoms with van der Waals surface area (Å²) in [4.78, 5) is 0.339. The van der Waals surface area contributed by atoms with E-state index in [0.717, 1.165) is 0 Å². The molecule has 1 aromatic rings. The Labute approximate surface area is 118 Å². The van der Waals surface area contributed by atoms with E-state index >= 15 is 0 Å². The summed E-state index contributed by atoms with van der Waals surface area (Å²) < 4.78 is 40.2. The van der Waals surface area contributed by atoms with Crippen molar-refractivity contribution in [3.05, 3.63) is 29.1 Å². The van der Waals surface area contributed by atoms with Gasteiger partial charge in [-0.3, -0.25) is 0 Å². The Kier molecular flexibility index (Phi) is 5.00. The summed E-state index contributed by atoms with van der Waals surface area (Å²) in [5, 5.41) is 0. The van der Waals surface area contributed by atoms with E-state index < -0.39 is 21.9 Å². The van der Waals surface area contributed by atoms with Crippen LogP contribution in [0.3, 0.4) is 0 Å². The van der Waals surface area contributed by atoms with Gasteiger partial charge in [-0.1, -0.05) is 12.2 Å². The van der Waals surface area contributed by atoms with Crippen molar-refractivity contribution in [2.45, 2.75) is 38.1 Å². The van der Waals surface area contributed by atoms with Gasteiger partial charge in [-0.15, -0.1) is 0 Å². The highest BCUT2D eigenvalue weighted by atomic mass is 32.2. The molecule has 0 aliphatic heterocycles. The van der Waals surface area contributed by atoms with Crippen LogP contribution >= 0.6 is 12.2 Å². The molecule has 0 aliphatic carbocycles. The zero-order valence-corrected chi connectivity index (χ0v) is 12.7. The predicted octanol–water partition coefficient (Wildman–Crippen LogP) is 1.79. The monoisotopic (exact) mass is 304 g/mol. The van der Waals surface area contributed by atoms with Gasteiger partial charge in [0.25, 0.3) is 0 Å². The van der Waals surface area contributed by atoms with Crippen LogP contribution in [0.15, 0.2) is 17.0 Å². The maximum atomic E-state index is 13.2. The summed E-state index contributed by atoms with van der Waals surface area (Å²) in [7, 11) is -3.72. The zero-order valence-electron chi connectivity index (χ0n) is 11.0. The molecule has 4 nitrogen and oxygen atoms in total. The maximum absolute atomic E-state index is 13.2. The van der Waals surface area contributed by atoms with Gasteiger partial charge >= 0.3 is 0 Å². The van der Waals surface area contributed by atoms with Crippen molar-refractivity contribution < 1.29 is 12.8 Å². The first-order valence-corrected chi connectivity index (χ1v) is 7.60. The molecular formula is C12H17FN2O2S2. The van der Waals surface area contributed by atoms with E-state index in [4.69, 9.17) is 18.0 Å². The van der Waals surface area contributed by atoms with Crippen LogP contribution in [-0.4, -0.2) is 19.4 Å². The third kappa shape index (κ3) is 4.22. The molecule has 0 fully saturated rings. The van der Waals surface area contributed by atoms with Gasteiger partial charge in [0, 0.05) is 12.5 Å². The first-order valence-electron chi connectivity index (χ1n) is 5.71. The fourth-order valence-electron chi connectivity index (χ4n) is 1.99. The van der Waals surface area contributed by atoms with Crippen LogP contribution in [0, 0.1) is 19.7 Å². The van der Waals surface area contributed by atoms with Gasteiger partial charge in [-0.25, -0.2) is 17.5 Å². The summed E-state index contributed by atoms with van der Waals surface area (Å²) in [6.07, 6.45) is 0.272. The zero-order chi connectivity index (χ0) is 14.8. The molecule has 1 atom stereocenters. The molecule has 0 saturated heterocycles. The van der Waals surface area contributed by atoms with Gasteiger partial charge in [0.1, 0.15) is 5.82 Å². The molecule has 0 amide bonds. The van der Waals surface area contributed by atoms with Crippen LogP contribution in [0.4, 0.5) is 4.39 Å². The molecule has 1 aromatic carbocycles. The van der Waals surface area contributed by atoms with Crippen molar-refractivity contribution in [3.8, 4) is 0 Å². The van der Waals surface area contributed by atoms with Gasteiger partial charge in [0.15, 0.2) is 0 Å². The van der Waals surface area contributed by atoms with Crippen molar-refractivity contribution >= 4 is 27.2 Å². The number of hydrogen-bond acceptors (Lipinski definition) is 3. The first kappa shape index (κ1) is 16.0. The van der Waals surface area contributed by atoms with Crippen molar-refractivity contribution in [1.82, 2.24) is 4.72 Å². The SMILES string of the molecule is Cc1cc(F)cc(C)c1S(=O)(=O)NC(C)CC(N)=S. The number of benzene rings is 1. The number of sulfonamides is 1. The van der Waals surface area contributed by atoms with Gasteiger partial charge in [0.05, 0.1) is 9.88 Å². The molecule has 1 unspecified atom stereocenters. The van der Waals surface area contributed by atoms with Crippen LogP contribution < -0.4 is 10.5 Å². The Balaban J connectivity index is 3.11. The van der Waals surface area contributed by atoms with Crippen LogP contribution in [-0.2, 0) is 10.0 Å². The average molecular weight is 304 g/mol. The molecule has 106 valence electrons. The standard InChI is InChI=1S/C12H17FN2O2S2/c1-7-4-10(13)5-8(2)12(7)19(16,17)15-9(3)6-11(14)18/h4-5,9,15H,6H2,1-3H3,(H2,14,18). The highest BCUT2D eigenvalue weighted by molar-refractivity contribution is 7.89. The number of halogens is 1. The van der Waals surface area contributed by atoms with E-state index in [9.17, 15) is 12.8 Å². The van der Waals surface area contributed by atoms with Gasteiger partial charge in [-0.2, -0.15) is 0 Å². The Bertz CT molecular complexity index is 577. The van der Waals surface area contributed by atoms with Crippen molar-refractivity contribution in [2.75, 3.05) is 0 Å². The van der Waals surface area contributed by atoms with Crippen molar-refractivity contribution in [3.63, 3.8) is 0 Å². The quantitative estimate of drug-likeness (QED) is 0.814. The van der Waals surface area contributed by atoms with E-state index in [-0.39, 0.29) is 16.3 Å². The first-order chi connectivity index (χ1) is 8.63. The molecule has 0 aliphatic rings. The smallest absolute Gasteiger partial charge is 0.241 e.